The average molecular weight is 378 g/mol. The number of nitrogens with one attached hydrogen (secondary N) is 1. The van der Waals surface area contributed by atoms with Gasteiger partial charge in [-0.05, 0) is 30.3 Å². The van der Waals surface area contributed by atoms with E-state index in [2.05, 4.69) is 31.4 Å². The van der Waals surface area contributed by atoms with E-state index in [1.54, 1.807) is 22.8 Å². The molecule has 0 unspecified atom stereocenters. The molecule has 0 radical (unpaired) electrons. The monoisotopic (exact) mass is 376 g/mol. The van der Waals surface area contributed by atoms with E-state index < -0.39 is 0 Å². The molecule has 7 heteroatoms. The number of anilines is 1. The molecule has 0 saturated carbocycles. The van der Waals surface area contributed by atoms with Crippen molar-refractivity contribution < 1.29 is 4.79 Å². The molecule has 110 valence electrons. The van der Waals surface area contributed by atoms with Gasteiger partial charge in [-0.3, -0.25) is 14.7 Å². The summed E-state index contributed by atoms with van der Waals surface area (Å²) >= 11 is 9.39. The normalized spacial score (nSPS) is 10.5. The molecule has 22 heavy (non-hydrogen) atoms. The highest BCUT2D eigenvalue weighted by Gasteiger charge is 2.15. The summed E-state index contributed by atoms with van der Waals surface area (Å²) in [6.45, 7) is 0. The van der Waals surface area contributed by atoms with E-state index in [1.807, 2.05) is 30.3 Å². The standard InChI is InChI=1S/C15H10BrClN4O/c16-10-6-7-13(17)12(8-10)14(22)19-15-20-18-9-21(15)11-4-2-1-3-5-11/h1-9H,(H,19,20,22). The first-order chi connectivity index (χ1) is 10.6. The van der Waals surface area contributed by atoms with Crippen LogP contribution >= 0.6 is 27.5 Å². The summed E-state index contributed by atoms with van der Waals surface area (Å²) in [5.74, 6) is -0.0243. The van der Waals surface area contributed by atoms with Crippen LogP contribution in [0, 0.1) is 0 Å². The van der Waals surface area contributed by atoms with Crippen molar-refractivity contribution >= 4 is 39.4 Å². The van der Waals surface area contributed by atoms with Gasteiger partial charge in [0.1, 0.15) is 6.33 Å². The molecule has 0 fully saturated rings. The van der Waals surface area contributed by atoms with Crippen LogP contribution in [0.1, 0.15) is 10.4 Å². The second-order valence-corrected chi connectivity index (χ2v) is 5.76. The zero-order valence-corrected chi connectivity index (χ0v) is 13.5. The maximum atomic E-state index is 12.4. The number of aromatic nitrogens is 3. The van der Waals surface area contributed by atoms with Gasteiger partial charge in [0.25, 0.3) is 5.91 Å². The van der Waals surface area contributed by atoms with Crippen molar-refractivity contribution in [2.45, 2.75) is 0 Å². The van der Waals surface area contributed by atoms with Crippen molar-refractivity contribution in [1.82, 2.24) is 14.8 Å². The Hall–Kier alpha value is -2.18. The van der Waals surface area contributed by atoms with Crippen LogP contribution in [0.4, 0.5) is 5.95 Å². The molecule has 0 aliphatic rings. The molecule has 3 rings (SSSR count). The maximum Gasteiger partial charge on any atom is 0.259 e. The van der Waals surface area contributed by atoms with Crippen LogP contribution in [0.15, 0.2) is 59.3 Å². The maximum absolute atomic E-state index is 12.4. The predicted molar refractivity (Wildman–Crippen MR) is 88.5 cm³/mol. The first kappa shape index (κ1) is 14.7. The van der Waals surface area contributed by atoms with Crippen molar-refractivity contribution in [2.24, 2.45) is 0 Å². The Balaban J connectivity index is 1.90. The largest absolute Gasteiger partial charge is 0.290 e. The number of benzene rings is 2. The minimum absolute atomic E-state index is 0.326. The highest BCUT2D eigenvalue weighted by molar-refractivity contribution is 9.10. The summed E-state index contributed by atoms with van der Waals surface area (Å²) in [6, 6.07) is 14.6. The van der Waals surface area contributed by atoms with Gasteiger partial charge in [0, 0.05) is 4.47 Å². The Morgan fingerprint density at radius 3 is 2.73 bits per heavy atom. The molecule has 1 aromatic heterocycles. The number of hydrogen-bond acceptors (Lipinski definition) is 3. The highest BCUT2D eigenvalue weighted by Crippen LogP contribution is 2.22. The number of nitrogens with zero attached hydrogens (tertiary/aromatic N) is 3. The fraction of sp³-hybridized carbons (Fsp3) is 0. The average Bonchev–Trinajstić information content (AvgIpc) is 2.98. The smallest absolute Gasteiger partial charge is 0.259 e. The molecule has 0 atom stereocenters. The molecular formula is C15H10BrClN4O. The summed E-state index contributed by atoms with van der Waals surface area (Å²) < 4.78 is 2.45. The lowest BCUT2D eigenvalue weighted by molar-refractivity contribution is 0.102. The highest BCUT2D eigenvalue weighted by atomic mass is 79.9. The van der Waals surface area contributed by atoms with E-state index in [1.165, 1.54) is 6.33 Å². The van der Waals surface area contributed by atoms with E-state index >= 15 is 0 Å². The number of halogens is 2. The van der Waals surface area contributed by atoms with Crippen molar-refractivity contribution in [2.75, 3.05) is 5.32 Å². The number of hydrogen-bond donors (Lipinski definition) is 1. The molecule has 1 N–H and O–H groups in total. The lowest BCUT2D eigenvalue weighted by Crippen LogP contribution is -2.16. The van der Waals surface area contributed by atoms with E-state index in [0.717, 1.165) is 10.2 Å². The topological polar surface area (TPSA) is 59.8 Å². The summed E-state index contributed by atoms with van der Waals surface area (Å²) in [5.41, 5.74) is 1.21. The van der Waals surface area contributed by atoms with Gasteiger partial charge >= 0.3 is 0 Å². The number of carbonyl (C=O) groups excluding carboxylic acids is 1. The Kier molecular flexibility index (Phi) is 4.22. The van der Waals surface area contributed by atoms with Gasteiger partial charge in [-0.1, -0.05) is 45.7 Å². The number of amides is 1. The molecule has 5 nitrogen and oxygen atoms in total. The lowest BCUT2D eigenvalue weighted by Gasteiger charge is -2.09. The Morgan fingerprint density at radius 2 is 1.95 bits per heavy atom. The molecule has 3 aromatic rings. The zero-order valence-electron chi connectivity index (χ0n) is 11.2. The SMILES string of the molecule is O=C(Nc1nncn1-c1ccccc1)c1cc(Br)ccc1Cl. The molecule has 0 spiro atoms. The summed E-state index contributed by atoms with van der Waals surface area (Å²) in [4.78, 5) is 12.4. The first-order valence-corrected chi connectivity index (χ1v) is 7.54. The fourth-order valence-electron chi connectivity index (χ4n) is 1.94. The number of rotatable bonds is 3. The Bertz CT molecular complexity index is 819. The second-order valence-electron chi connectivity index (χ2n) is 4.44. The zero-order chi connectivity index (χ0) is 15.5. The van der Waals surface area contributed by atoms with Gasteiger partial charge in [-0.25, -0.2) is 0 Å². The molecule has 0 saturated heterocycles. The van der Waals surface area contributed by atoms with Gasteiger partial charge in [0.15, 0.2) is 0 Å². The number of carbonyl (C=O) groups is 1. The summed E-state index contributed by atoms with van der Waals surface area (Å²) in [6.07, 6.45) is 1.54. The molecule has 2 aromatic carbocycles. The van der Waals surface area contributed by atoms with Crippen LogP contribution < -0.4 is 5.32 Å². The van der Waals surface area contributed by atoms with Crippen LogP contribution in [0.3, 0.4) is 0 Å². The van der Waals surface area contributed by atoms with Gasteiger partial charge in [0.05, 0.1) is 16.3 Å². The van der Waals surface area contributed by atoms with E-state index in [4.69, 9.17) is 11.6 Å². The Morgan fingerprint density at radius 1 is 1.18 bits per heavy atom. The van der Waals surface area contributed by atoms with Crippen LogP contribution in [-0.4, -0.2) is 20.7 Å². The van der Waals surface area contributed by atoms with Gasteiger partial charge in [0.2, 0.25) is 5.95 Å². The third-order valence-electron chi connectivity index (χ3n) is 2.98. The van der Waals surface area contributed by atoms with Gasteiger partial charge in [-0.2, -0.15) is 0 Å². The summed E-state index contributed by atoms with van der Waals surface area (Å²) in [5, 5.41) is 10.9. The van der Waals surface area contributed by atoms with Crippen LogP contribution in [-0.2, 0) is 0 Å². The minimum atomic E-state index is -0.350. The number of para-hydroxylation sites is 1. The Labute approximate surface area is 140 Å². The van der Waals surface area contributed by atoms with Crippen LogP contribution in [0.5, 0.6) is 0 Å². The van der Waals surface area contributed by atoms with Crippen LogP contribution in [0.2, 0.25) is 5.02 Å². The molecule has 0 bridgehead atoms. The first-order valence-electron chi connectivity index (χ1n) is 6.37. The molecule has 1 heterocycles. The lowest BCUT2D eigenvalue weighted by atomic mass is 10.2. The molecule has 0 aliphatic heterocycles. The van der Waals surface area contributed by atoms with Crippen molar-refractivity contribution in [3.8, 4) is 5.69 Å². The fourth-order valence-corrected chi connectivity index (χ4v) is 2.50. The quantitative estimate of drug-likeness (QED) is 0.752. The third kappa shape index (κ3) is 3.03. The van der Waals surface area contributed by atoms with Crippen molar-refractivity contribution in [1.29, 1.82) is 0 Å². The van der Waals surface area contributed by atoms with Gasteiger partial charge in [-0.15, -0.1) is 10.2 Å². The van der Waals surface area contributed by atoms with E-state index in [-0.39, 0.29) is 5.91 Å². The summed E-state index contributed by atoms with van der Waals surface area (Å²) in [7, 11) is 0. The minimum Gasteiger partial charge on any atom is -0.290 e. The van der Waals surface area contributed by atoms with Gasteiger partial charge < -0.3 is 0 Å². The van der Waals surface area contributed by atoms with Crippen molar-refractivity contribution in [3.63, 3.8) is 0 Å². The van der Waals surface area contributed by atoms with Crippen molar-refractivity contribution in [3.05, 3.63) is 69.9 Å². The molecular weight excluding hydrogens is 368 g/mol. The second kappa shape index (κ2) is 6.29. The molecule has 1 amide bonds. The predicted octanol–water partition coefficient (Wildman–Crippen LogP) is 3.94. The molecule has 0 aliphatic carbocycles. The third-order valence-corrected chi connectivity index (χ3v) is 3.80. The van der Waals surface area contributed by atoms with E-state index in [0.29, 0.717) is 16.5 Å². The van der Waals surface area contributed by atoms with E-state index in [9.17, 15) is 4.79 Å². The van der Waals surface area contributed by atoms with Crippen LogP contribution in [0.25, 0.3) is 5.69 Å².